The lowest BCUT2D eigenvalue weighted by molar-refractivity contribution is 0.669. The van der Waals surface area contributed by atoms with Crippen molar-refractivity contribution in [3.63, 3.8) is 0 Å². The molecule has 0 saturated carbocycles. The monoisotopic (exact) mass is 718 g/mol. The maximum atomic E-state index is 6.70. The highest BCUT2D eigenvalue weighted by Gasteiger charge is 2.21. The van der Waals surface area contributed by atoms with E-state index in [4.69, 9.17) is 19.4 Å². The Balaban J connectivity index is 1.14. The van der Waals surface area contributed by atoms with Gasteiger partial charge in [-0.3, -0.25) is 0 Å². The lowest BCUT2D eigenvalue weighted by Gasteiger charge is -2.28. The molecule has 56 heavy (non-hydrogen) atoms. The third kappa shape index (κ3) is 6.17. The van der Waals surface area contributed by atoms with Crippen LogP contribution in [0.5, 0.6) is 0 Å². The second kappa shape index (κ2) is 14.3. The second-order valence-corrected chi connectivity index (χ2v) is 13.6. The largest absolute Gasteiger partial charge is 0.456 e. The highest BCUT2D eigenvalue weighted by Crippen LogP contribution is 2.44. The molecule has 264 valence electrons. The summed E-state index contributed by atoms with van der Waals surface area (Å²) in [5, 5.41) is 1.94. The highest BCUT2D eigenvalue weighted by molar-refractivity contribution is 6.12. The van der Waals surface area contributed by atoms with Gasteiger partial charge in [0.05, 0.1) is 5.69 Å². The molecule has 5 heteroatoms. The van der Waals surface area contributed by atoms with Gasteiger partial charge >= 0.3 is 0 Å². The molecule has 0 aliphatic rings. The summed E-state index contributed by atoms with van der Waals surface area (Å²) < 4.78 is 6.70. The minimum Gasteiger partial charge on any atom is -0.456 e. The first-order chi connectivity index (χ1) is 27.8. The van der Waals surface area contributed by atoms with E-state index in [0.29, 0.717) is 17.5 Å². The Labute approximate surface area is 324 Å². The minimum absolute atomic E-state index is 0.590. The SMILES string of the molecule is c1ccc(-c2ccc(N(c3ccc4c(c3)oc3cccc(-c5nc(-c6ccccc6)nc(-c6ccccc6)n5)c34)c3ccccc3-c3ccccc3)cc2)cc1. The van der Waals surface area contributed by atoms with E-state index in [1.165, 1.54) is 5.56 Å². The van der Waals surface area contributed by atoms with Crippen LogP contribution in [0.3, 0.4) is 0 Å². The first-order valence-electron chi connectivity index (χ1n) is 18.7. The molecule has 0 fully saturated rings. The Bertz CT molecular complexity index is 2890. The van der Waals surface area contributed by atoms with Crippen molar-refractivity contribution in [1.29, 1.82) is 0 Å². The molecular formula is C51H34N4O. The number of fused-ring (bicyclic) bond motifs is 3. The van der Waals surface area contributed by atoms with E-state index in [9.17, 15) is 0 Å². The Morgan fingerprint density at radius 1 is 0.339 bits per heavy atom. The normalized spacial score (nSPS) is 11.2. The molecule has 0 bridgehead atoms. The molecule has 0 saturated heterocycles. The van der Waals surface area contributed by atoms with E-state index in [1.54, 1.807) is 0 Å². The number of benzene rings is 8. The van der Waals surface area contributed by atoms with Gasteiger partial charge in [-0.2, -0.15) is 0 Å². The zero-order chi connectivity index (χ0) is 37.3. The summed E-state index contributed by atoms with van der Waals surface area (Å²) in [6.45, 7) is 0. The second-order valence-electron chi connectivity index (χ2n) is 13.6. The summed E-state index contributed by atoms with van der Waals surface area (Å²) in [7, 11) is 0. The van der Waals surface area contributed by atoms with Gasteiger partial charge in [-0.25, -0.2) is 15.0 Å². The van der Waals surface area contributed by atoms with Crippen molar-refractivity contribution in [1.82, 2.24) is 15.0 Å². The van der Waals surface area contributed by atoms with Gasteiger partial charge in [0, 0.05) is 50.5 Å². The number of hydrogen-bond donors (Lipinski definition) is 0. The number of aromatic nitrogens is 3. The van der Waals surface area contributed by atoms with Crippen LogP contribution in [0, 0.1) is 0 Å². The molecule has 10 rings (SSSR count). The first-order valence-corrected chi connectivity index (χ1v) is 18.7. The van der Waals surface area contributed by atoms with Crippen LogP contribution in [-0.4, -0.2) is 15.0 Å². The van der Waals surface area contributed by atoms with E-state index < -0.39 is 0 Å². The Kier molecular flexibility index (Phi) is 8.43. The fourth-order valence-electron chi connectivity index (χ4n) is 7.46. The van der Waals surface area contributed by atoms with Crippen molar-refractivity contribution >= 4 is 39.0 Å². The van der Waals surface area contributed by atoms with Gasteiger partial charge in [0.15, 0.2) is 17.5 Å². The lowest BCUT2D eigenvalue weighted by Crippen LogP contribution is -2.11. The molecule has 5 nitrogen and oxygen atoms in total. The smallest absolute Gasteiger partial charge is 0.164 e. The number of hydrogen-bond acceptors (Lipinski definition) is 5. The summed E-state index contributed by atoms with van der Waals surface area (Å²) in [6.07, 6.45) is 0. The molecule has 2 aromatic heterocycles. The zero-order valence-corrected chi connectivity index (χ0v) is 30.3. The molecule has 0 aliphatic carbocycles. The van der Waals surface area contributed by atoms with E-state index in [0.717, 1.165) is 72.4 Å². The summed E-state index contributed by atoms with van der Waals surface area (Å²) in [5.74, 6) is 1.83. The number of nitrogens with zero attached hydrogens (tertiary/aromatic N) is 4. The maximum Gasteiger partial charge on any atom is 0.164 e. The Hall–Kier alpha value is -7.63. The topological polar surface area (TPSA) is 55.1 Å². The maximum absolute atomic E-state index is 6.70. The standard InChI is InChI=1S/C51H34N4O/c1-5-16-35(17-6-1)36-28-30-40(31-29-36)55(45-26-14-13-24-42(45)37-18-7-2-8-19-37)41-32-33-43-47(34-41)56-46-27-15-25-44(48(43)46)51-53-49(38-20-9-3-10-21-38)52-50(54-51)39-22-11-4-12-23-39/h1-34H. The Morgan fingerprint density at radius 2 is 0.839 bits per heavy atom. The minimum atomic E-state index is 0.590. The van der Waals surface area contributed by atoms with Crippen LogP contribution in [0.2, 0.25) is 0 Å². The fourth-order valence-corrected chi connectivity index (χ4v) is 7.46. The van der Waals surface area contributed by atoms with Gasteiger partial charge in [-0.15, -0.1) is 0 Å². The third-order valence-corrected chi connectivity index (χ3v) is 10.1. The zero-order valence-electron chi connectivity index (χ0n) is 30.3. The number of rotatable bonds is 8. The lowest BCUT2D eigenvalue weighted by atomic mass is 10.0. The van der Waals surface area contributed by atoms with E-state index in [1.807, 2.05) is 78.9 Å². The van der Waals surface area contributed by atoms with Crippen LogP contribution in [-0.2, 0) is 0 Å². The fraction of sp³-hybridized carbons (Fsp3) is 0. The number of furan rings is 1. The van der Waals surface area contributed by atoms with Gasteiger partial charge in [-0.1, -0.05) is 164 Å². The molecule has 0 unspecified atom stereocenters. The molecule has 0 radical (unpaired) electrons. The van der Waals surface area contributed by atoms with Gasteiger partial charge in [0.25, 0.3) is 0 Å². The van der Waals surface area contributed by atoms with Gasteiger partial charge in [-0.05, 0) is 53.1 Å². The van der Waals surface area contributed by atoms with Crippen molar-refractivity contribution in [3.05, 3.63) is 206 Å². The van der Waals surface area contributed by atoms with E-state index >= 15 is 0 Å². The molecule has 0 atom stereocenters. The van der Waals surface area contributed by atoms with E-state index in [-0.39, 0.29) is 0 Å². The van der Waals surface area contributed by atoms with Gasteiger partial charge < -0.3 is 9.32 Å². The summed E-state index contributed by atoms with van der Waals surface area (Å²) in [4.78, 5) is 17.3. The van der Waals surface area contributed by atoms with Gasteiger partial charge in [0.2, 0.25) is 0 Å². The highest BCUT2D eigenvalue weighted by atomic mass is 16.3. The molecule has 0 N–H and O–H groups in total. The first kappa shape index (κ1) is 33.0. The van der Waals surface area contributed by atoms with Crippen LogP contribution in [0.4, 0.5) is 17.1 Å². The van der Waals surface area contributed by atoms with Crippen molar-refractivity contribution in [2.75, 3.05) is 4.90 Å². The van der Waals surface area contributed by atoms with Crippen molar-refractivity contribution < 1.29 is 4.42 Å². The molecular weight excluding hydrogens is 685 g/mol. The molecule has 8 aromatic carbocycles. The summed E-state index contributed by atoms with van der Waals surface area (Å²) in [6, 6.07) is 71.0. The third-order valence-electron chi connectivity index (χ3n) is 10.1. The van der Waals surface area contributed by atoms with Crippen LogP contribution < -0.4 is 4.90 Å². The quantitative estimate of drug-likeness (QED) is 0.157. The van der Waals surface area contributed by atoms with Crippen LogP contribution in [0.15, 0.2) is 211 Å². The number of para-hydroxylation sites is 1. The molecule has 10 aromatic rings. The van der Waals surface area contributed by atoms with Crippen molar-refractivity contribution in [2.45, 2.75) is 0 Å². The van der Waals surface area contributed by atoms with Crippen LogP contribution >= 0.6 is 0 Å². The molecule has 0 amide bonds. The van der Waals surface area contributed by atoms with Crippen LogP contribution in [0.25, 0.3) is 78.4 Å². The summed E-state index contributed by atoms with van der Waals surface area (Å²) >= 11 is 0. The number of anilines is 3. The molecule has 0 spiro atoms. The summed E-state index contributed by atoms with van der Waals surface area (Å²) in [5.41, 5.74) is 12.0. The van der Waals surface area contributed by atoms with E-state index in [2.05, 4.69) is 132 Å². The average Bonchev–Trinajstić information content (AvgIpc) is 3.66. The predicted octanol–water partition coefficient (Wildman–Crippen LogP) is 13.6. The van der Waals surface area contributed by atoms with Gasteiger partial charge in [0.1, 0.15) is 11.2 Å². The molecule has 2 heterocycles. The van der Waals surface area contributed by atoms with Crippen LogP contribution in [0.1, 0.15) is 0 Å². The molecule has 0 aliphatic heterocycles. The van der Waals surface area contributed by atoms with Crippen molar-refractivity contribution in [3.8, 4) is 56.4 Å². The van der Waals surface area contributed by atoms with Crippen molar-refractivity contribution in [2.24, 2.45) is 0 Å². The average molecular weight is 719 g/mol. The predicted molar refractivity (Wildman–Crippen MR) is 229 cm³/mol. The Morgan fingerprint density at radius 3 is 1.48 bits per heavy atom.